The Morgan fingerprint density at radius 1 is 1.08 bits per heavy atom. The predicted octanol–water partition coefficient (Wildman–Crippen LogP) is 3.00. The Kier molecular flexibility index (Phi) is 6.62. The van der Waals surface area contributed by atoms with E-state index in [1.54, 1.807) is 44.6 Å². The molecular weight excluding hydrogens is 376 g/mol. The third-order valence-electron chi connectivity index (χ3n) is 3.03. The molecular formula is C17H17BrN2O4. The lowest BCUT2D eigenvalue weighted by Gasteiger charge is -2.06. The fourth-order valence-electron chi connectivity index (χ4n) is 1.77. The number of halogens is 1. The Morgan fingerprint density at radius 2 is 1.71 bits per heavy atom. The lowest BCUT2D eigenvalue weighted by atomic mass is 10.2. The van der Waals surface area contributed by atoms with Gasteiger partial charge in [0.15, 0.2) is 6.61 Å². The smallest absolute Gasteiger partial charge is 0.277 e. The van der Waals surface area contributed by atoms with Gasteiger partial charge in [-0.15, -0.1) is 0 Å². The number of ether oxygens (including phenoxy) is 3. The van der Waals surface area contributed by atoms with Gasteiger partial charge in [-0.3, -0.25) is 4.79 Å². The van der Waals surface area contributed by atoms with Crippen molar-refractivity contribution in [3.63, 3.8) is 0 Å². The summed E-state index contributed by atoms with van der Waals surface area (Å²) >= 11 is 3.41. The van der Waals surface area contributed by atoms with Crippen LogP contribution >= 0.6 is 15.9 Å². The Labute approximate surface area is 148 Å². The molecule has 0 spiro atoms. The van der Waals surface area contributed by atoms with E-state index in [0.717, 1.165) is 15.8 Å². The van der Waals surface area contributed by atoms with Crippen molar-refractivity contribution < 1.29 is 19.0 Å². The molecule has 2 rings (SSSR count). The van der Waals surface area contributed by atoms with Gasteiger partial charge in [0.05, 0.1) is 20.4 Å². The van der Waals surface area contributed by atoms with Crippen molar-refractivity contribution in [1.82, 2.24) is 5.43 Å². The zero-order valence-electron chi connectivity index (χ0n) is 13.3. The van der Waals surface area contributed by atoms with Crippen LogP contribution in [0.4, 0.5) is 0 Å². The van der Waals surface area contributed by atoms with E-state index in [9.17, 15) is 4.79 Å². The van der Waals surface area contributed by atoms with E-state index >= 15 is 0 Å². The third kappa shape index (κ3) is 5.27. The molecule has 7 heteroatoms. The van der Waals surface area contributed by atoms with Crippen molar-refractivity contribution in [2.24, 2.45) is 5.10 Å². The Balaban J connectivity index is 1.84. The van der Waals surface area contributed by atoms with E-state index in [-0.39, 0.29) is 12.5 Å². The highest BCUT2D eigenvalue weighted by molar-refractivity contribution is 9.10. The first-order chi connectivity index (χ1) is 11.6. The number of nitrogens with one attached hydrogen (secondary N) is 1. The maximum absolute atomic E-state index is 11.7. The Hall–Kier alpha value is -2.54. The summed E-state index contributed by atoms with van der Waals surface area (Å²) in [6.07, 6.45) is 1.53. The van der Waals surface area contributed by atoms with Gasteiger partial charge in [-0.25, -0.2) is 5.43 Å². The summed E-state index contributed by atoms with van der Waals surface area (Å²) in [5, 5.41) is 3.91. The van der Waals surface area contributed by atoms with Crippen molar-refractivity contribution in [3.8, 4) is 17.2 Å². The van der Waals surface area contributed by atoms with Gasteiger partial charge in [0.2, 0.25) is 0 Å². The molecule has 0 aliphatic heterocycles. The second-order valence-electron chi connectivity index (χ2n) is 4.64. The first kappa shape index (κ1) is 17.8. The van der Waals surface area contributed by atoms with Gasteiger partial charge in [-0.2, -0.15) is 5.10 Å². The van der Waals surface area contributed by atoms with Crippen LogP contribution in [0.1, 0.15) is 5.56 Å². The molecule has 1 N–H and O–H groups in total. The van der Waals surface area contributed by atoms with Crippen LogP contribution in [0.15, 0.2) is 52.0 Å². The molecule has 0 fully saturated rings. The molecule has 0 bridgehead atoms. The topological polar surface area (TPSA) is 69.2 Å². The van der Waals surface area contributed by atoms with Crippen LogP contribution in [0.25, 0.3) is 0 Å². The Bertz CT molecular complexity index is 717. The number of amides is 1. The van der Waals surface area contributed by atoms with E-state index in [1.807, 2.05) is 12.1 Å². The van der Waals surface area contributed by atoms with Crippen LogP contribution in [0.3, 0.4) is 0 Å². The number of rotatable bonds is 7. The van der Waals surface area contributed by atoms with E-state index in [2.05, 4.69) is 26.5 Å². The molecule has 0 saturated carbocycles. The number of carbonyl (C=O) groups excluding carboxylic acids is 1. The molecule has 0 radical (unpaired) electrons. The van der Waals surface area contributed by atoms with Crippen molar-refractivity contribution in [2.75, 3.05) is 20.8 Å². The fourth-order valence-corrected chi connectivity index (χ4v) is 2.12. The second kappa shape index (κ2) is 8.93. The van der Waals surface area contributed by atoms with Gasteiger partial charge < -0.3 is 14.2 Å². The average Bonchev–Trinajstić information content (AvgIpc) is 2.62. The van der Waals surface area contributed by atoms with Gasteiger partial charge in [0.1, 0.15) is 17.2 Å². The second-order valence-corrected chi connectivity index (χ2v) is 5.50. The molecule has 0 aromatic heterocycles. The van der Waals surface area contributed by atoms with Gasteiger partial charge in [-0.1, -0.05) is 15.9 Å². The van der Waals surface area contributed by atoms with Crippen LogP contribution < -0.4 is 19.6 Å². The van der Waals surface area contributed by atoms with Crippen molar-refractivity contribution in [1.29, 1.82) is 0 Å². The van der Waals surface area contributed by atoms with E-state index < -0.39 is 0 Å². The average molecular weight is 393 g/mol. The van der Waals surface area contributed by atoms with E-state index in [1.165, 1.54) is 6.21 Å². The molecule has 0 atom stereocenters. The van der Waals surface area contributed by atoms with Crippen molar-refractivity contribution in [3.05, 3.63) is 52.5 Å². The van der Waals surface area contributed by atoms with Gasteiger partial charge in [0.25, 0.3) is 5.91 Å². The largest absolute Gasteiger partial charge is 0.497 e. The highest BCUT2D eigenvalue weighted by Gasteiger charge is 2.03. The molecule has 0 saturated heterocycles. The molecule has 2 aromatic carbocycles. The van der Waals surface area contributed by atoms with Crippen LogP contribution in [-0.4, -0.2) is 32.9 Å². The standard InChI is InChI=1S/C17H17BrN2O4/c1-22-13-3-5-14(6-4-13)24-11-17(21)20-19-10-12-9-15(23-2)7-8-16(12)18/h3-10H,11H2,1-2H3,(H,20,21)/b19-10+. The summed E-state index contributed by atoms with van der Waals surface area (Å²) < 4.78 is 16.4. The number of nitrogens with zero attached hydrogens (tertiary/aromatic N) is 1. The molecule has 2 aromatic rings. The molecule has 0 unspecified atom stereocenters. The first-order valence-electron chi connectivity index (χ1n) is 7.04. The molecule has 0 aliphatic carbocycles. The SMILES string of the molecule is COc1ccc(OCC(=O)N/N=C/c2cc(OC)ccc2Br)cc1. The minimum atomic E-state index is -0.360. The number of benzene rings is 2. The lowest BCUT2D eigenvalue weighted by Crippen LogP contribution is -2.24. The van der Waals surface area contributed by atoms with Crippen molar-refractivity contribution >= 4 is 28.1 Å². The molecule has 126 valence electrons. The minimum absolute atomic E-state index is 0.136. The third-order valence-corrected chi connectivity index (χ3v) is 3.75. The molecule has 6 nitrogen and oxygen atoms in total. The number of hydrogen-bond donors (Lipinski definition) is 1. The maximum atomic E-state index is 11.7. The molecule has 1 amide bonds. The first-order valence-corrected chi connectivity index (χ1v) is 7.84. The summed E-state index contributed by atoms with van der Waals surface area (Å²) in [5.41, 5.74) is 3.19. The Morgan fingerprint density at radius 3 is 2.38 bits per heavy atom. The van der Waals surface area contributed by atoms with E-state index in [4.69, 9.17) is 14.2 Å². The summed E-state index contributed by atoms with van der Waals surface area (Å²) in [4.78, 5) is 11.7. The molecule has 24 heavy (non-hydrogen) atoms. The number of carbonyl (C=O) groups is 1. The van der Waals surface area contributed by atoms with Crippen LogP contribution in [-0.2, 0) is 4.79 Å². The summed E-state index contributed by atoms with van der Waals surface area (Å²) in [7, 11) is 3.17. The van der Waals surface area contributed by atoms with Crippen molar-refractivity contribution in [2.45, 2.75) is 0 Å². The fraction of sp³-hybridized carbons (Fsp3) is 0.176. The summed E-state index contributed by atoms with van der Waals surface area (Å²) in [6, 6.07) is 12.4. The zero-order valence-corrected chi connectivity index (χ0v) is 14.9. The number of hydrogen-bond acceptors (Lipinski definition) is 5. The highest BCUT2D eigenvalue weighted by atomic mass is 79.9. The molecule has 0 aliphatic rings. The monoisotopic (exact) mass is 392 g/mol. The predicted molar refractivity (Wildman–Crippen MR) is 94.9 cm³/mol. The highest BCUT2D eigenvalue weighted by Crippen LogP contribution is 2.20. The van der Waals surface area contributed by atoms with Crippen LogP contribution in [0, 0.1) is 0 Å². The normalized spacial score (nSPS) is 10.5. The number of hydrazone groups is 1. The number of methoxy groups -OCH3 is 2. The van der Waals surface area contributed by atoms with Gasteiger partial charge >= 0.3 is 0 Å². The molecule has 0 heterocycles. The van der Waals surface area contributed by atoms with E-state index in [0.29, 0.717) is 11.5 Å². The lowest BCUT2D eigenvalue weighted by molar-refractivity contribution is -0.123. The maximum Gasteiger partial charge on any atom is 0.277 e. The quantitative estimate of drug-likeness (QED) is 0.580. The van der Waals surface area contributed by atoms with Crippen LogP contribution in [0.5, 0.6) is 17.2 Å². The minimum Gasteiger partial charge on any atom is -0.497 e. The zero-order chi connectivity index (χ0) is 17.4. The summed E-state index contributed by atoms with van der Waals surface area (Å²) in [6.45, 7) is -0.136. The van der Waals surface area contributed by atoms with Crippen LogP contribution in [0.2, 0.25) is 0 Å². The van der Waals surface area contributed by atoms with Gasteiger partial charge in [0, 0.05) is 10.0 Å². The van der Waals surface area contributed by atoms with Gasteiger partial charge in [-0.05, 0) is 42.5 Å². The summed E-state index contributed by atoms with van der Waals surface area (Å²) in [5.74, 6) is 1.64.